The van der Waals surface area contributed by atoms with E-state index in [4.69, 9.17) is 38.1 Å². The Morgan fingerprint density at radius 2 is 2.06 bits per heavy atom. The summed E-state index contributed by atoms with van der Waals surface area (Å²) in [7, 11) is 0. The number of halogens is 2. The molecule has 0 radical (unpaired) electrons. The zero-order valence-electron chi connectivity index (χ0n) is 8.95. The Labute approximate surface area is 109 Å². The smallest absolute Gasteiger partial charge is 0.146 e. The molecule has 0 aliphatic carbocycles. The van der Waals surface area contributed by atoms with Crippen molar-refractivity contribution in [2.24, 2.45) is 5.73 Å². The van der Waals surface area contributed by atoms with Crippen molar-refractivity contribution in [1.82, 2.24) is 0 Å². The van der Waals surface area contributed by atoms with Gasteiger partial charge in [-0.1, -0.05) is 23.2 Å². The highest BCUT2D eigenvalue weighted by atomic mass is 35.5. The molecule has 3 nitrogen and oxygen atoms in total. The Bertz CT molecular complexity index is 511. The van der Waals surface area contributed by atoms with Crippen LogP contribution in [0.3, 0.4) is 0 Å². The van der Waals surface area contributed by atoms with Crippen molar-refractivity contribution >= 4 is 23.2 Å². The molecule has 2 N–H and O–H groups in total. The molecule has 0 aliphatic rings. The first-order valence-electron chi connectivity index (χ1n) is 5.04. The van der Waals surface area contributed by atoms with E-state index < -0.39 is 0 Å². The van der Waals surface area contributed by atoms with Crippen LogP contribution in [-0.2, 0) is 13.2 Å². The second-order valence-electron chi connectivity index (χ2n) is 3.44. The molecule has 90 valence electrons. The maximum atomic E-state index is 5.97. The van der Waals surface area contributed by atoms with Crippen molar-refractivity contribution in [2.75, 3.05) is 0 Å². The monoisotopic (exact) mass is 271 g/mol. The molecule has 2 aromatic rings. The first-order valence-corrected chi connectivity index (χ1v) is 5.79. The highest BCUT2D eigenvalue weighted by molar-refractivity contribution is 6.34. The summed E-state index contributed by atoms with van der Waals surface area (Å²) in [5.41, 5.74) is 6.47. The zero-order chi connectivity index (χ0) is 12.3. The predicted molar refractivity (Wildman–Crippen MR) is 67.4 cm³/mol. The van der Waals surface area contributed by atoms with Gasteiger partial charge in [-0.3, -0.25) is 0 Å². The Morgan fingerprint density at radius 1 is 1.24 bits per heavy atom. The minimum absolute atomic E-state index is 0.277. The van der Waals surface area contributed by atoms with Gasteiger partial charge in [0.25, 0.3) is 0 Å². The van der Waals surface area contributed by atoms with E-state index in [1.165, 1.54) is 0 Å². The maximum Gasteiger partial charge on any atom is 0.146 e. The number of rotatable bonds is 4. The van der Waals surface area contributed by atoms with Gasteiger partial charge >= 0.3 is 0 Å². The number of benzene rings is 1. The molecule has 5 heteroatoms. The lowest BCUT2D eigenvalue weighted by molar-refractivity contribution is 0.268. The average Bonchev–Trinajstić information content (AvgIpc) is 2.77. The van der Waals surface area contributed by atoms with Crippen LogP contribution < -0.4 is 10.5 Å². The molecule has 0 saturated carbocycles. The van der Waals surface area contributed by atoms with Crippen LogP contribution in [0, 0.1) is 0 Å². The Morgan fingerprint density at radius 3 is 2.82 bits per heavy atom. The van der Waals surface area contributed by atoms with E-state index >= 15 is 0 Å². The summed E-state index contributed by atoms with van der Waals surface area (Å²) < 4.78 is 10.8. The van der Waals surface area contributed by atoms with Gasteiger partial charge < -0.3 is 14.9 Å². The Kier molecular flexibility index (Phi) is 3.94. The Hall–Kier alpha value is -1.16. The van der Waals surface area contributed by atoms with Crippen molar-refractivity contribution in [3.8, 4) is 5.75 Å². The summed E-state index contributed by atoms with van der Waals surface area (Å²) in [6.07, 6.45) is 1.58. The third-order valence-corrected chi connectivity index (χ3v) is 2.86. The molecule has 1 heterocycles. The van der Waals surface area contributed by atoms with Gasteiger partial charge in [-0.25, -0.2) is 0 Å². The summed E-state index contributed by atoms with van der Waals surface area (Å²) in [4.78, 5) is 0. The van der Waals surface area contributed by atoms with E-state index in [0.717, 1.165) is 5.56 Å². The lowest BCUT2D eigenvalue weighted by Crippen LogP contribution is -2.02. The molecule has 0 aliphatic heterocycles. The van der Waals surface area contributed by atoms with Gasteiger partial charge in [0.05, 0.1) is 11.3 Å². The van der Waals surface area contributed by atoms with Crippen molar-refractivity contribution < 1.29 is 9.15 Å². The molecule has 0 amide bonds. The van der Waals surface area contributed by atoms with Gasteiger partial charge in [-0.05, 0) is 18.2 Å². The van der Waals surface area contributed by atoms with E-state index in [9.17, 15) is 0 Å². The minimum atomic E-state index is 0.277. The zero-order valence-corrected chi connectivity index (χ0v) is 10.5. The Balaban J connectivity index is 2.09. The fourth-order valence-electron chi connectivity index (χ4n) is 1.41. The lowest BCUT2D eigenvalue weighted by atomic mass is 10.2. The van der Waals surface area contributed by atoms with Crippen molar-refractivity contribution in [3.05, 3.63) is 51.9 Å². The standard InChI is InChI=1S/C12H11Cl2NO2/c13-9-1-2-10(14)11(5-9)17-7-12-8(6-15)3-4-16-12/h1-5H,6-7,15H2. The normalized spacial score (nSPS) is 10.5. The maximum absolute atomic E-state index is 5.97. The molecule has 1 aromatic heterocycles. The fraction of sp³-hybridized carbons (Fsp3) is 0.167. The molecule has 0 saturated heterocycles. The van der Waals surface area contributed by atoms with Crippen LogP contribution in [0.1, 0.15) is 11.3 Å². The summed E-state index contributed by atoms with van der Waals surface area (Å²) >= 11 is 11.8. The predicted octanol–water partition coefficient (Wildman–Crippen LogP) is 3.62. The van der Waals surface area contributed by atoms with Crippen LogP contribution in [-0.4, -0.2) is 0 Å². The van der Waals surface area contributed by atoms with E-state index in [0.29, 0.717) is 28.1 Å². The highest BCUT2D eigenvalue weighted by Crippen LogP contribution is 2.28. The number of furan rings is 1. The van der Waals surface area contributed by atoms with E-state index in [2.05, 4.69) is 0 Å². The molecule has 0 atom stereocenters. The topological polar surface area (TPSA) is 48.4 Å². The number of hydrogen-bond donors (Lipinski definition) is 1. The molecular weight excluding hydrogens is 261 g/mol. The first-order chi connectivity index (χ1) is 8.20. The van der Waals surface area contributed by atoms with E-state index in [-0.39, 0.29) is 6.61 Å². The number of hydrogen-bond acceptors (Lipinski definition) is 3. The largest absolute Gasteiger partial charge is 0.484 e. The third-order valence-electron chi connectivity index (χ3n) is 2.31. The van der Waals surface area contributed by atoms with Crippen molar-refractivity contribution in [1.29, 1.82) is 0 Å². The van der Waals surface area contributed by atoms with Gasteiger partial charge in [-0.15, -0.1) is 0 Å². The highest BCUT2D eigenvalue weighted by Gasteiger charge is 2.08. The molecule has 0 unspecified atom stereocenters. The van der Waals surface area contributed by atoms with Crippen LogP contribution in [0.2, 0.25) is 10.0 Å². The molecular formula is C12H11Cl2NO2. The van der Waals surface area contributed by atoms with Crippen LogP contribution in [0.5, 0.6) is 5.75 Å². The van der Waals surface area contributed by atoms with Gasteiger partial charge in [0.1, 0.15) is 18.1 Å². The quantitative estimate of drug-likeness (QED) is 0.924. The third kappa shape index (κ3) is 2.94. The van der Waals surface area contributed by atoms with Crippen LogP contribution in [0.25, 0.3) is 0 Å². The molecule has 17 heavy (non-hydrogen) atoms. The van der Waals surface area contributed by atoms with Gasteiger partial charge in [-0.2, -0.15) is 0 Å². The van der Waals surface area contributed by atoms with E-state index in [1.807, 2.05) is 6.07 Å². The summed E-state index contributed by atoms with van der Waals surface area (Å²) in [5, 5.41) is 1.08. The van der Waals surface area contributed by atoms with E-state index in [1.54, 1.807) is 24.5 Å². The first kappa shape index (κ1) is 12.3. The number of ether oxygens (including phenoxy) is 1. The van der Waals surface area contributed by atoms with Gasteiger partial charge in [0, 0.05) is 23.2 Å². The van der Waals surface area contributed by atoms with Crippen LogP contribution in [0.15, 0.2) is 34.9 Å². The van der Waals surface area contributed by atoms with Crippen LogP contribution in [0.4, 0.5) is 0 Å². The summed E-state index contributed by atoms with van der Waals surface area (Å²) in [6.45, 7) is 0.693. The van der Waals surface area contributed by atoms with Crippen molar-refractivity contribution in [3.63, 3.8) is 0 Å². The lowest BCUT2D eigenvalue weighted by Gasteiger charge is -2.07. The van der Waals surface area contributed by atoms with Crippen LogP contribution >= 0.6 is 23.2 Å². The number of nitrogens with two attached hydrogens (primary N) is 1. The molecule has 2 rings (SSSR count). The molecule has 1 aromatic carbocycles. The molecule has 0 spiro atoms. The SMILES string of the molecule is NCc1ccoc1COc1cc(Cl)ccc1Cl. The summed E-state index contributed by atoms with van der Waals surface area (Å²) in [6, 6.07) is 6.87. The second-order valence-corrected chi connectivity index (χ2v) is 4.28. The molecule has 0 fully saturated rings. The molecule has 0 bridgehead atoms. The second kappa shape index (κ2) is 5.45. The van der Waals surface area contributed by atoms with Crippen molar-refractivity contribution in [2.45, 2.75) is 13.2 Å². The minimum Gasteiger partial charge on any atom is -0.484 e. The van der Waals surface area contributed by atoms with Gasteiger partial charge in [0.15, 0.2) is 0 Å². The fourth-order valence-corrected chi connectivity index (χ4v) is 1.74. The average molecular weight is 272 g/mol. The summed E-state index contributed by atoms with van der Waals surface area (Å²) in [5.74, 6) is 1.22. The van der Waals surface area contributed by atoms with Gasteiger partial charge in [0.2, 0.25) is 0 Å².